The maximum atomic E-state index is 12.4. The van der Waals surface area contributed by atoms with Gasteiger partial charge in [0.05, 0.1) is 18.8 Å². The fourth-order valence-corrected chi connectivity index (χ4v) is 5.09. The highest BCUT2D eigenvalue weighted by atomic mass is 31.2. The van der Waals surface area contributed by atoms with Crippen LogP contribution in [-0.2, 0) is 51.7 Å². The van der Waals surface area contributed by atoms with Crippen LogP contribution in [0.15, 0.2) is 12.0 Å². The van der Waals surface area contributed by atoms with Crippen LogP contribution in [0.5, 0.6) is 0 Å². The number of rotatable bonds is 22. The third-order valence-corrected chi connectivity index (χ3v) is 7.41. The largest absolute Gasteiger partial charge is 0.527 e. The Morgan fingerprint density at radius 2 is 1.52 bits per heavy atom. The molecule has 1 aliphatic rings. The van der Waals surface area contributed by atoms with Crippen LogP contribution in [0, 0.1) is 0 Å². The van der Waals surface area contributed by atoms with Crippen LogP contribution in [0.3, 0.4) is 0 Å². The van der Waals surface area contributed by atoms with E-state index < -0.39 is 86.7 Å². The number of hydrogen-bond acceptors (Lipinski definition) is 16. The molecule has 1 saturated heterocycles. The summed E-state index contributed by atoms with van der Waals surface area (Å²) in [7, 11) is -4.80. The molecule has 0 radical (unpaired) electrons. The Balaban J connectivity index is 2.54. The van der Waals surface area contributed by atoms with Crippen molar-refractivity contribution in [1.82, 2.24) is 26.6 Å². The minimum Gasteiger partial charge on any atom is -0.441 e. The summed E-state index contributed by atoms with van der Waals surface area (Å²) in [6, 6.07) is -1.21. The van der Waals surface area contributed by atoms with Crippen molar-refractivity contribution < 1.29 is 81.5 Å². The Bertz CT molecular complexity index is 1280. The molecule has 23 heteroatoms. The highest BCUT2D eigenvalue weighted by Gasteiger charge is 2.45. The van der Waals surface area contributed by atoms with E-state index in [1.165, 1.54) is 27.7 Å². The van der Waals surface area contributed by atoms with Gasteiger partial charge in [0.1, 0.15) is 24.5 Å². The second-order valence-corrected chi connectivity index (χ2v) is 13.2. The van der Waals surface area contributed by atoms with E-state index in [1.807, 2.05) is 0 Å². The predicted octanol–water partition coefficient (Wildman–Crippen LogP) is -1.83. The molecule has 9 N–H and O–H groups in total. The maximum absolute atomic E-state index is 12.4. The number of carbonyl (C=O) groups is 6. The molecule has 1 unspecified atom stereocenters. The molecule has 22 nitrogen and oxygen atoms in total. The summed E-state index contributed by atoms with van der Waals surface area (Å²) in [4.78, 5) is 81.7. The number of nitrogens with one attached hydrogen (secondary N) is 5. The third-order valence-electron chi connectivity index (χ3n) is 6.17. The molecule has 5 atom stereocenters. The first-order chi connectivity index (χ1) is 24.4. The quantitative estimate of drug-likeness (QED) is 0.0332. The van der Waals surface area contributed by atoms with Gasteiger partial charge in [-0.05, 0) is 33.6 Å². The second-order valence-electron chi connectivity index (χ2n) is 11.9. The molecular weight excluding hydrogens is 721 g/mol. The first-order valence-corrected chi connectivity index (χ1v) is 17.6. The predicted molar refractivity (Wildman–Crippen MR) is 176 cm³/mol. The van der Waals surface area contributed by atoms with Gasteiger partial charge in [-0.2, -0.15) is 0 Å². The normalized spacial score (nSPS) is 20.2. The van der Waals surface area contributed by atoms with E-state index in [2.05, 4.69) is 26.6 Å². The van der Waals surface area contributed by atoms with E-state index in [1.54, 1.807) is 0 Å². The lowest BCUT2D eigenvalue weighted by atomic mass is 9.98. The van der Waals surface area contributed by atoms with Gasteiger partial charge in [0.2, 0.25) is 17.7 Å². The molecule has 0 aliphatic carbocycles. The van der Waals surface area contributed by atoms with Crippen LogP contribution in [0.2, 0.25) is 0 Å². The summed E-state index contributed by atoms with van der Waals surface area (Å²) < 4.78 is 42.9. The molecule has 0 aromatic rings. The van der Waals surface area contributed by atoms with Crippen LogP contribution in [-0.4, -0.2) is 139 Å². The number of aliphatic hydroxyl groups is 3. The van der Waals surface area contributed by atoms with E-state index >= 15 is 0 Å². The van der Waals surface area contributed by atoms with Crippen molar-refractivity contribution in [2.45, 2.75) is 83.5 Å². The van der Waals surface area contributed by atoms with Crippen molar-refractivity contribution in [3.05, 3.63) is 12.0 Å². The summed E-state index contributed by atoms with van der Waals surface area (Å²) in [5.74, 6) is -2.82. The second kappa shape index (κ2) is 23.6. The van der Waals surface area contributed by atoms with E-state index in [4.69, 9.17) is 33.1 Å². The molecule has 1 fully saturated rings. The topological polar surface area (TPSA) is 316 Å². The Labute approximate surface area is 299 Å². The summed E-state index contributed by atoms with van der Waals surface area (Å²) in [5, 5.41) is 40.3. The van der Waals surface area contributed by atoms with Crippen molar-refractivity contribution in [3.8, 4) is 0 Å². The van der Waals surface area contributed by atoms with Crippen LogP contribution in [0.25, 0.3) is 0 Å². The van der Waals surface area contributed by atoms with Crippen LogP contribution >= 0.6 is 7.82 Å². The van der Waals surface area contributed by atoms with Crippen molar-refractivity contribution in [3.63, 3.8) is 0 Å². The van der Waals surface area contributed by atoms with Gasteiger partial charge >= 0.3 is 20.0 Å². The van der Waals surface area contributed by atoms with Crippen molar-refractivity contribution in [1.29, 1.82) is 0 Å². The van der Waals surface area contributed by atoms with E-state index in [9.17, 15) is 48.4 Å². The molecule has 5 amide bonds. The first kappa shape index (κ1) is 46.1. The zero-order valence-corrected chi connectivity index (χ0v) is 30.3. The van der Waals surface area contributed by atoms with Crippen LogP contribution < -0.4 is 26.6 Å². The molecular formula is C29H50N5O17P. The minimum atomic E-state index is -4.80. The highest BCUT2D eigenvalue weighted by molar-refractivity contribution is 7.47. The summed E-state index contributed by atoms with van der Waals surface area (Å²) in [6.07, 6.45) is -5.47. The van der Waals surface area contributed by atoms with Gasteiger partial charge in [0.25, 0.3) is 0 Å². The van der Waals surface area contributed by atoms with Crippen molar-refractivity contribution in [2.24, 2.45) is 0 Å². The Morgan fingerprint density at radius 3 is 2.08 bits per heavy atom. The number of phosphoric ester groups is 1. The number of hydrogen-bond donors (Lipinski definition) is 9. The SMILES string of the molecule is CC(=O)N[C@H]1[C@H](OCCCNC(=O)CCNC(=O)O/C=C(\COC(=O)NCCC(=O)NCCCO)OP(=O)(O)OC(C)(C)C)O[C@H](CO)C(=O)[C@@H]1O. The standard InChI is InChI=1S/C29H50N5O17P/c1-18(37)34-23-25(41)24(40)20(15-36)49-26(23)46-14-6-10-31-22(39)8-12-33-28(43)48-17-19(50-52(44,45)51-29(2,3)4)16-47-27(42)32-11-7-21(38)30-9-5-13-35/h17,20,23,25-26,35-36,41H,5-16H2,1-4H3,(H,30,38)(H,31,39)(H,32,42)(H,33,43)(H,34,37)(H,44,45)/b19-17+/t20-,23-,25-,26-/m1/s1. The number of aliphatic hydroxyl groups excluding tert-OH is 3. The monoisotopic (exact) mass is 771 g/mol. The molecule has 52 heavy (non-hydrogen) atoms. The summed E-state index contributed by atoms with van der Waals surface area (Å²) >= 11 is 0. The zero-order valence-electron chi connectivity index (χ0n) is 29.4. The van der Waals surface area contributed by atoms with Gasteiger partial charge in [0.15, 0.2) is 24.4 Å². The Morgan fingerprint density at radius 1 is 0.923 bits per heavy atom. The first-order valence-electron chi connectivity index (χ1n) is 16.2. The average Bonchev–Trinajstić information content (AvgIpc) is 3.04. The number of alkyl carbamates (subject to hydrolysis) is 2. The number of ketones is 1. The lowest BCUT2D eigenvalue weighted by molar-refractivity contribution is -0.228. The maximum Gasteiger partial charge on any atom is 0.527 e. The van der Waals surface area contributed by atoms with Gasteiger partial charge in [-0.25, -0.2) is 14.2 Å². The molecule has 0 aromatic carbocycles. The molecule has 1 aliphatic heterocycles. The summed E-state index contributed by atoms with van der Waals surface area (Å²) in [5.41, 5.74) is -1.13. The zero-order chi connectivity index (χ0) is 39.3. The molecule has 1 heterocycles. The number of amides is 5. The summed E-state index contributed by atoms with van der Waals surface area (Å²) in [6.45, 7) is 4.02. The molecule has 0 aromatic heterocycles. The number of Topliss-reactive ketones (excluding diaryl/α,β-unsaturated/α-hetero) is 1. The van der Waals surface area contributed by atoms with Crippen molar-refractivity contribution in [2.75, 3.05) is 52.6 Å². The fraction of sp³-hybridized carbons (Fsp3) is 0.724. The van der Waals surface area contributed by atoms with Crippen LogP contribution in [0.4, 0.5) is 9.59 Å². The van der Waals surface area contributed by atoms with E-state index in [-0.39, 0.29) is 64.6 Å². The van der Waals surface area contributed by atoms with Gasteiger partial charge < -0.3 is 65.4 Å². The van der Waals surface area contributed by atoms with E-state index in [0.29, 0.717) is 12.7 Å². The third kappa shape index (κ3) is 20.2. The highest BCUT2D eigenvalue weighted by Crippen LogP contribution is 2.49. The molecule has 298 valence electrons. The van der Waals surface area contributed by atoms with E-state index in [0.717, 1.165) is 0 Å². The Kier molecular flexibility index (Phi) is 21.0. The van der Waals surface area contributed by atoms with Crippen molar-refractivity contribution >= 4 is 43.5 Å². The Hall–Kier alpha value is -3.89. The van der Waals surface area contributed by atoms with Gasteiger partial charge in [-0.3, -0.25) is 28.6 Å². The average molecular weight is 772 g/mol. The lowest BCUT2D eigenvalue weighted by Crippen LogP contribution is -2.62. The number of carbonyl (C=O) groups excluding carboxylic acids is 6. The van der Waals surface area contributed by atoms with Gasteiger partial charge in [0, 0.05) is 52.6 Å². The number of phosphoric acid groups is 1. The molecule has 0 saturated carbocycles. The minimum absolute atomic E-state index is 0.0301. The number of ether oxygens (including phenoxy) is 4. The smallest absolute Gasteiger partial charge is 0.441 e. The molecule has 0 bridgehead atoms. The van der Waals surface area contributed by atoms with Gasteiger partial charge in [-0.15, -0.1) is 0 Å². The molecule has 1 rings (SSSR count). The van der Waals surface area contributed by atoms with Crippen LogP contribution in [0.1, 0.15) is 53.4 Å². The fourth-order valence-electron chi connectivity index (χ4n) is 3.97. The lowest BCUT2D eigenvalue weighted by Gasteiger charge is -2.38. The van der Waals surface area contributed by atoms with Gasteiger partial charge in [-0.1, -0.05) is 0 Å². The molecule has 0 spiro atoms.